The molecular formula is C14H17NO3. The molecule has 1 N–H and O–H groups in total. The van der Waals surface area contributed by atoms with Crippen LogP contribution in [-0.2, 0) is 17.6 Å². The SMILES string of the molecule is CC(C)Cc1ccc2oc(CCC(=O)O)nc2c1. The molecule has 1 aromatic carbocycles. The fourth-order valence-electron chi connectivity index (χ4n) is 1.94. The summed E-state index contributed by atoms with van der Waals surface area (Å²) in [7, 11) is 0. The first-order chi connectivity index (χ1) is 8.54. The highest BCUT2D eigenvalue weighted by molar-refractivity contribution is 5.73. The maximum atomic E-state index is 10.5. The first-order valence-corrected chi connectivity index (χ1v) is 6.14. The molecule has 96 valence electrons. The normalized spacial score (nSPS) is 11.3. The van der Waals surface area contributed by atoms with Crippen LogP contribution in [0.25, 0.3) is 11.1 Å². The van der Waals surface area contributed by atoms with Crippen molar-refractivity contribution in [3.05, 3.63) is 29.7 Å². The van der Waals surface area contributed by atoms with Gasteiger partial charge in [0.25, 0.3) is 0 Å². The van der Waals surface area contributed by atoms with Crippen molar-refractivity contribution in [1.29, 1.82) is 0 Å². The van der Waals surface area contributed by atoms with Crippen molar-refractivity contribution >= 4 is 17.1 Å². The van der Waals surface area contributed by atoms with Crippen LogP contribution in [0.5, 0.6) is 0 Å². The fraction of sp³-hybridized carbons (Fsp3) is 0.429. The molecule has 0 bridgehead atoms. The Morgan fingerprint density at radius 1 is 1.44 bits per heavy atom. The molecule has 0 amide bonds. The van der Waals surface area contributed by atoms with Crippen LogP contribution in [0.2, 0.25) is 0 Å². The lowest BCUT2D eigenvalue weighted by Crippen LogP contribution is -1.97. The lowest BCUT2D eigenvalue weighted by atomic mass is 10.0. The zero-order chi connectivity index (χ0) is 13.1. The molecule has 0 unspecified atom stereocenters. The molecule has 4 heteroatoms. The molecule has 2 rings (SSSR count). The maximum Gasteiger partial charge on any atom is 0.303 e. The van der Waals surface area contributed by atoms with Gasteiger partial charge in [0.15, 0.2) is 11.5 Å². The number of nitrogens with zero attached hydrogens (tertiary/aromatic N) is 1. The molecule has 18 heavy (non-hydrogen) atoms. The van der Waals surface area contributed by atoms with E-state index in [9.17, 15) is 4.79 Å². The van der Waals surface area contributed by atoms with Gasteiger partial charge in [-0.25, -0.2) is 4.98 Å². The van der Waals surface area contributed by atoms with Crippen molar-refractivity contribution in [2.45, 2.75) is 33.1 Å². The van der Waals surface area contributed by atoms with Gasteiger partial charge in [0.2, 0.25) is 0 Å². The molecule has 0 aliphatic rings. The Bertz CT molecular complexity index is 557. The average molecular weight is 247 g/mol. The number of aryl methyl sites for hydroxylation is 1. The molecular weight excluding hydrogens is 230 g/mol. The summed E-state index contributed by atoms with van der Waals surface area (Å²) in [5.74, 6) is 0.257. The third kappa shape index (κ3) is 3.09. The summed E-state index contributed by atoms with van der Waals surface area (Å²) < 4.78 is 5.50. The van der Waals surface area contributed by atoms with Crippen molar-refractivity contribution in [3.8, 4) is 0 Å². The van der Waals surface area contributed by atoms with Crippen molar-refractivity contribution in [1.82, 2.24) is 4.98 Å². The van der Waals surface area contributed by atoms with Gasteiger partial charge in [0.1, 0.15) is 5.52 Å². The summed E-state index contributed by atoms with van der Waals surface area (Å²) in [4.78, 5) is 14.8. The van der Waals surface area contributed by atoms with Crippen LogP contribution in [0, 0.1) is 5.92 Å². The number of carboxylic acids is 1. The van der Waals surface area contributed by atoms with Gasteiger partial charge in [-0.3, -0.25) is 4.79 Å². The van der Waals surface area contributed by atoms with Crippen molar-refractivity contribution < 1.29 is 14.3 Å². The molecule has 4 nitrogen and oxygen atoms in total. The molecule has 0 saturated heterocycles. The van der Waals surface area contributed by atoms with Gasteiger partial charge >= 0.3 is 5.97 Å². The Morgan fingerprint density at radius 3 is 2.89 bits per heavy atom. The van der Waals surface area contributed by atoms with E-state index in [1.54, 1.807) is 0 Å². The van der Waals surface area contributed by atoms with Crippen LogP contribution in [0.15, 0.2) is 22.6 Å². The van der Waals surface area contributed by atoms with Crippen molar-refractivity contribution in [2.75, 3.05) is 0 Å². The summed E-state index contributed by atoms with van der Waals surface area (Å²) in [6.07, 6.45) is 1.39. The van der Waals surface area contributed by atoms with E-state index in [0.29, 0.717) is 18.2 Å². The number of carbonyl (C=O) groups is 1. The number of rotatable bonds is 5. The highest BCUT2D eigenvalue weighted by Crippen LogP contribution is 2.19. The number of carboxylic acid groups (broad SMARTS) is 1. The van der Waals surface area contributed by atoms with Gasteiger partial charge in [-0.2, -0.15) is 0 Å². The molecule has 1 heterocycles. The highest BCUT2D eigenvalue weighted by Gasteiger charge is 2.08. The fourth-order valence-corrected chi connectivity index (χ4v) is 1.94. The van der Waals surface area contributed by atoms with Gasteiger partial charge < -0.3 is 9.52 Å². The van der Waals surface area contributed by atoms with E-state index < -0.39 is 5.97 Å². The molecule has 0 spiro atoms. The zero-order valence-electron chi connectivity index (χ0n) is 10.6. The van der Waals surface area contributed by atoms with Gasteiger partial charge in [0, 0.05) is 6.42 Å². The van der Waals surface area contributed by atoms with Crippen LogP contribution < -0.4 is 0 Å². The topological polar surface area (TPSA) is 63.3 Å². The second-order valence-electron chi connectivity index (χ2n) is 4.90. The molecule has 0 fully saturated rings. The number of hydrogen-bond donors (Lipinski definition) is 1. The number of hydrogen-bond acceptors (Lipinski definition) is 3. The predicted molar refractivity (Wildman–Crippen MR) is 68.5 cm³/mol. The van der Waals surface area contributed by atoms with E-state index in [1.807, 2.05) is 18.2 Å². The molecule has 1 aromatic heterocycles. The van der Waals surface area contributed by atoms with Crippen LogP contribution >= 0.6 is 0 Å². The van der Waals surface area contributed by atoms with Crippen molar-refractivity contribution in [3.63, 3.8) is 0 Å². The van der Waals surface area contributed by atoms with Gasteiger partial charge in [-0.1, -0.05) is 19.9 Å². The maximum absolute atomic E-state index is 10.5. The lowest BCUT2D eigenvalue weighted by Gasteiger charge is -2.03. The van der Waals surface area contributed by atoms with E-state index in [-0.39, 0.29) is 6.42 Å². The molecule has 0 saturated carbocycles. The standard InChI is InChI=1S/C14H17NO3/c1-9(2)7-10-3-4-12-11(8-10)15-13(18-12)5-6-14(16)17/h3-4,8-9H,5-7H2,1-2H3,(H,16,17). The van der Waals surface area contributed by atoms with E-state index in [0.717, 1.165) is 17.5 Å². The zero-order valence-corrected chi connectivity index (χ0v) is 10.6. The van der Waals surface area contributed by atoms with E-state index in [1.165, 1.54) is 5.56 Å². The Hall–Kier alpha value is -1.84. The second kappa shape index (κ2) is 5.21. The molecule has 0 radical (unpaired) electrons. The molecule has 0 aliphatic heterocycles. The minimum Gasteiger partial charge on any atom is -0.481 e. The predicted octanol–water partition coefficient (Wildman–Crippen LogP) is 3.04. The minimum atomic E-state index is -0.835. The molecule has 2 aromatic rings. The Labute approximate surface area is 106 Å². The Morgan fingerprint density at radius 2 is 2.22 bits per heavy atom. The summed E-state index contributed by atoms with van der Waals surface area (Å²) in [6, 6.07) is 5.96. The summed E-state index contributed by atoms with van der Waals surface area (Å²) in [6.45, 7) is 4.34. The number of fused-ring (bicyclic) bond motifs is 1. The van der Waals surface area contributed by atoms with Crippen LogP contribution in [0.4, 0.5) is 0 Å². The first-order valence-electron chi connectivity index (χ1n) is 6.14. The smallest absolute Gasteiger partial charge is 0.303 e. The summed E-state index contributed by atoms with van der Waals surface area (Å²) in [5.41, 5.74) is 2.77. The van der Waals surface area contributed by atoms with Gasteiger partial charge in [-0.05, 0) is 30.0 Å². The Balaban J connectivity index is 2.19. The summed E-state index contributed by atoms with van der Waals surface area (Å²) in [5, 5.41) is 8.62. The van der Waals surface area contributed by atoms with E-state index in [2.05, 4.69) is 18.8 Å². The first kappa shape index (κ1) is 12.6. The second-order valence-corrected chi connectivity index (χ2v) is 4.90. The van der Waals surface area contributed by atoms with E-state index >= 15 is 0 Å². The summed E-state index contributed by atoms with van der Waals surface area (Å²) >= 11 is 0. The number of benzene rings is 1. The average Bonchev–Trinajstić information content (AvgIpc) is 2.67. The largest absolute Gasteiger partial charge is 0.481 e. The van der Waals surface area contributed by atoms with E-state index in [4.69, 9.17) is 9.52 Å². The lowest BCUT2D eigenvalue weighted by molar-refractivity contribution is -0.137. The van der Waals surface area contributed by atoms with Crippen LogP contribution in [-0.4, -0.2) is 16.1 Å². The monoisotopic (exact) mass is 247 g/mol. The molecule has 0 aliphatic carbocycles. The molecule has 0 atom stereocenters. The van der Waals surface area contributed by atoms with Gasteiger partial charge in [-0.15, -0.1) is 0 Å². The van der Waals surface area contributed by atoms with Crippen LogP contribution in [0.1, 0.15) is 31.7 Å². The van der Waals surface area contributed by atoms with Crippen LogP contribution in [0.3, 0.4) is 0 Å². The quantitative estimate of drug-likeness (QED) is 0.882. The number of aromatic nitrogens is 1. The minimum absolute atomic E-state index is 0.0473. The third-order valence-electron chi connectivity index (χ3n) is 2.69. The van der Waals surface area contributed by atoms with Crippen molar-refractivity contribution in [2.24, 2.45) is 5.92 Å². The highest BCUT2D eigenvalue weighted by atomic mass is 16.4. The third-order valence-corrected chi connectivity index (χ3v) is 2.69. The number of oxazole rings is 1. The van der Waals surface area contributed by atoms with Gasteiger partial charge in [0.05, 0.1) is 6.42 Å². The number of aliphatic carboxylic acids is 1. The Kier molecular flexibility index (Phi) is 3.65.